The maximum absolute atomic E-state index is 14.4. The van der Waals surface area contributed by atoms with Crippen LogP contribution in [0.1, 0.15) is 27.2 Å². The predicted octanol–water partition coefficient (Wildman–Crippen LogP) is 5.37. The van der Waals surface area contributed by atoms with Crippen LogP contribution >= 0.6 is 11.6 Å². The Morgan fingerprint density at radius 3 is 2.70 bits per heavy atom. The Hall–Kier alpha value is -3.13. The highest BCUT2D eigenvalue weighted by Crippen LogP contribution is 2.43. The van der Waals surface area contributed by atoms with E-state index in [9.17, 15) is 9.18 Å². The van der Waals surface area contributed by atoms with Crippen LogP contribution in [0.15, 0.2) is 42.7 Å². The molecule has 1 spiro atoms. The molecule has 172 valence electrons. The molecule has 5 rings (SSSR count). The number of likely N-dealkylation sites (tertiary alicyclic amines) is 1. The summed E-state index contributed by atoms with van der Waals surface area (Å²) in [4.78, 5) is 25.3. The lowest BCUT2D eigenvalue weighted by Gasteiger charge is -2.62. The van der Waals surface area contributed by atoms with Crippen LogP contribution in [-0.4, -0.2) is 51.7 Å². The van der Waals surface area contributed by atoms with Gasteiger partial charge in [-0.3, -0.25) is 4.90 Å². The van der Waals surface area contributed by atoms with Crippen molar-refractivity contribution in [1.29, 1.82) is 0 Å². The van der Waals surface area contributed by atoms with E-state index >= 15 is 0 Å². The monoisotopic (exact) mass is 469 g/mol. The SMILES string of the molecule is CC(C)(C)OC(=O)N1CCC12CN(c1ccc3ncnc(Nc4cccc(Cl)c4F)c3c1)C2. The Bertz CT molecular complexity index is 1240. The minimum Gasteiger partial charge on any atom is -0.444 e. The third kappa shape index (κ3) is 3.93. The Kier molecular flexibility index (Phi) is 5.08. The molecule has 2 fully saturated rings. The number of halogens is 2. The van der Waals surface area contributed by atoms with E-state index in [1.807, 2.05) is 43.9 Å². The number of nitrogens with zero attached hydrogens (tertiary/aromatic N) is 4. The second-order valence-corrected chi connectivity index (χ2v) is 10.0. The lowest BCUT2D eigenvalue weighted by Crippen LogP contribution is -2.78. The Morgan fingerprint density at radius 1 is 1.21 bits per heavy atom. The van der Waals surface area contributed by atoms with E-state index in [-0.39, 0.29) is 22.3 Å². The summed E-state index contributed by atoms with van der Waals surface area (Å²) in [6.45, 7) is 7.81. The van der Waals surface area contributed by atoms with Crippen molar-refractivity contribution in [2.75, 3.05) is 29.9 Å². The molecule has 9 heteroatoms. The molecule has 0 saturated carbocycles. The smallest absolute Gasteiger partial charge is 0.410 e. The zero-order valence-corrected chi connectivity index (χ0v) is 19.5. The van der Waals surface area contributed by atoms with Crippen molar-refractivity contribution in [2.24, 2.45) is 0 Å². The van der Waals surface area contributed by atoms with Crippen LogP contribution in [0.2, 0.25) is 5.02 Å². The molecule has 2 saturated heterocycles. The van der Waals surface area contributed by atoms with Gasteiger partial charge in [-0.1, -0.05) is 17.7 Å². The number of anilines is 3. The number of fused-ring (bicyclic) bond motifs is 1. The maximum atomic E-state index is 14.4. The average Bonchev–Trinajstić information content (AvgIpc) is 2.68. The van der Waals surface area contributed by atoms with Crippen LogP contribution in [0.3, 0.4) is 0 Å². The highest BCUT2D eigenvalue weighted by molar-refractivity contribution is 6.31. The molecule has 7 nitrogen and oxygen atoms in total. The maximum Gasteiger partial charge on any atom is 0.410 e. The summed E-state index contributed by atoms with van der Waals surface area (Å²) in [5, 5.41) is 3.85. The number of amides is 1. The van der Waals surface area contributed by atoms with Gasteiger partial charge >= 0.3 is 6.09 Å². The van der Waals surface area contributed by atoms with Gasteiger partial charge in [0.2, 0.25) is 0 Å². The van der Waals surface area contributed by atoms with Crippen LogP contribution in [-0.2, 0) is 4.74 Å². The third-order valence-corrected chi connectivity index (χ3v) is 6.44. The molecule has 2 aromatic carbocycles. The lowest BCUT2D eigenvalue weighted by molar-refractivity contribution is -0.0560. The molecule has 33 heavy (non-hydrogen) atoms. The summed E-state index contributed by atoms with van der Waals surface area (Å²) < 4.78 is 20.0. The fraction of sp³-hybridized carbons (Fsp3) is 0.375. The van der Waals surface area contributed by atoms with Crippen LogP contribution in [0.4, 0.5) is 26.4 Å². The largest absolute Gasteiger partial charge is 0.444 e. The van der Waals surface area contributed by atoms with E-state index in [0.29, 0.717) is 12.4 Å². The molecule has 0 radical (unpaired) electrons. The van der Waals surface area contributed by atoms with Gasteiger partial charge in [-0.25, -0.2) is 19.2 Å². The van der Waals surface area contributed by atoms with Crippen molar-refractivity contribution in [2.45, 2.75) is 38.3 Å². The van der Waals surface area contributed by atoms with Gasteiger partial charge in [-0.2, -0.15) is 0 Å². The van der Waals surface area contributed by atoms with E-state index in [1.54, 1.807) is 12.1 Å². The number of hydrogen-bond donors (Lipinski definition) is 1. The van der Waals surface area contributed by atoms with Crippen molar-refractivity contribution in [3.8, 4) is 0 Å². The molecule has 0 aliphatic carbocycles. The Morgan fingerprint density at radius 2 is 2.00 bits per heavy atom. The van der Waals surface area contributed by atoms with Gasteiger partial charge < -0.3 is 15.0 Å². The van der Waals surface area contributed by atoms with Gasteiger partial charge in [0.1, 0.15) is 17.7 Å². The minimum absolute atomic E-state index is 0.0416. The number of hydrogen-bond acceptors (Lipinski definition) is 6. The Balaban J connectivity index is 1.36. The van der Waals surface area contributed by atoms with E-state index in [1.165, 1.54) is 12.4 Å². The normalized spacial score (nSPS) is 17.0. The second-order valence-electron chi connectivity index (χ2n) is 9.61. The number of nitrogens with one attached hydrogen (secondary N) is 1. The molecule has 2 aliphatic heterocycles. The van der Waals surface area contributed by atoms with Gasteiger partial charge in [0.05, 0.1) is 21.8 Å². The quantitative estimate of drug-likeness (QED) is 0.556. The minimum atomic E-state index is -0.529. The highest BCUT2D eigenvalue weighted by Gasteiger charge is 2.56. The Labute approximate surface area is 196 Å². The fourth-order valence-electron chi connectivity index (χ4n) is 4.39. The zero-order valence-electron chi connectivity index (χ0n) is 18.7. The van der Waals surface area contributed by atoms with Gasteiger partial charge in [0.25, 0.3) is 0 Å². The molecule has 0 unspecified atom stereocenters. The van der Waals surface area contributed by atoms with E-state index in [2.05, 4.69) is 20.2 Å². The van der Waals surface area contributed by atoms with Crippen molar-refractivity contribution in [1.82, 2.24) is 14.9 Å². The zero-order chi connectivity index (χ0) is 23.4. The first-order valence-electron chi connectivity index (χ1n) is 10.9. The molecule has 1 aromatic heterocycles. The average molecular weight is 470 g/mol. The number of carbonyl (C=O) groups excluding carboxylic acids is 1. The molecule has 2 aliphatic rings. The topological polar surface area (TPSA) is 70.6 Å². The van der Waals surface area contributed by atoms with Gasteiger partial charge in [-0.05, 0) is 57.5 Å². The van der Waals surface area contributed by atoms with Crippen LogP contribution < -0.4 is 10.2 Å². The van der Waals surface area contributed by atoms with E-state index in [4.69, 9.17) is 16.3 Å². The van der Waals surface area contributed by atoms with Gasteiger partial charge in [-0.15, -0.1) is 0 Å². The van der Waals surface area contributed by atoms with Crippen LogP contribution in [0.5, 0.6) is 0 Å². The molecular formula is C24H25ClFN5O2. The lowest BCUT2D eigenvalue weighted by atomic mass is 9.77. The summed E-state index contributed by atoms with van der Waals surface area (Å²) in [6.07, 6.45) is 2.15. The van der Waals surface area contributed by atoms with Crippen LogP contribution in [0.25, 0.3) is 10.9 Å². The van der Waals surface area contributed by atoms with E-state index < -0.39 is 11.4 Å². The second kappa shape index (κ2) is 7.73. The number of ether oxygens (including phenoxy) is 1. The summed E-state index contributed by atoms with van der Waals surface area (Å²) >= 11 is 5.92. The van der Waals surface area contributed by atoms with Gasteiger partial charge in [0.15, 0.2) is 5.82 Å². The molecule has 0 atom stereocenters. The molecule has 3 heterocycles. The molecule has 1 N–H and O–H groups in total. The molecule has 3 aromatic rings. The molecular weight excluding hydrogens is 445 g/mol. The summed E-state index contributed by atoms with van der Waals surface area (Å²) in [7, 11) is 0. The first-order chi connectivity index (χ1) is 15.7. The summed E-state index contributed by atoms with van der Waals surface area (Å²) in [5.41, 5.74) is 1.30. The van der Waals surface area contributed by atoms with Crippen molar-refractivity contribution in [3.05, 3.63) is 53.6 Å². The number of benzene rings is 2. The summed E-state index contributed by atoms with van der Waals surface area (Å²) in [5.74, 6) is -0.0312. The van der Waals surface area contributed by atoms with Crippen molar-refractivity contribution >= 4 is 45.8 Å². The highest BCUT2D eigenvalue weighted by atomic mass is 35.5. The van der Waals surface area contributed by atoms with Crippen molar-refractivity contribution < 1.29 is 13.9 Å². The van der Waals surface area contributed by atoms with Crippen LogP contribution in [0, 0.1) is 5.82 Å². The third-order valence-electron chi connectivity index (χ3n) is 6.15. The number of aromatic nitrogens is 2. The summed E-state index contributed by atoms with van der Waals surface area (Å²) in [6, 6.07) is 10.7. The first kappa shape index (κ1) is 21.7. The standard InChI is InChI=1S/C24H25ClFN5O2/c1-23(2,3)33-22(32)31-10-9-24(31)12-30(13-24)15-7-8-18-16(11-15)21(28-14-27-18)29-19-6-4-5-17(25)20(19)26/h4-8,11,14H,9-10,12-13H2,1-3H3,(H,27,28,29). The molecule has 1 amide bonds. The molecule has 0 bridgehead atoms. The first-order valence-corrected chi connectivity index (χ1v) is 11.2. The predicted molar refractivity (Wildman–Crippen MR) is 127 cm³/mol. The number of rotatable bonds is 3. The number of carbonyl (C=O) groups is 1. The fourth-order valence-corrected chi connectivity index (χ4v) is 4.56. The van der Waals surface area contributed by atoms with Crippen molar-refractivity contribution in [3.63, 3.8) is 0 Å². The van der Waals surface area contributed by atoms with E-state index in [0.717, 1.165) is 36.1 Å². The van der Waals surface area contributed by atoms with Gasteiger partial charge in [0, 0.05) is 30.7 Å².